The van der Waals surface area contributed by atoms with Crippen molar-refractivity contribution in [2.45, 2.75) is 57.4 Å². The van der Waals surface area contributed by atoms with E-state index in [4.69, 9.17) is 4.74 Å². The Morgan fingerprint density at radius 2 is 1.63 bits per heavy atom. The summed E-state index contributed by atoms with van der Waals surface area (Å²) in [6.07, 6.45) is 3.68. The number of carboxylic acid groups (broad SMARTS) is 1. The van der Waals surface area contributed by atoms with Crippen molar-refractivity contribution in [3.8, 4) is 11.1 Å². The van der Waals surface area contributed by atoms with Gasteiger partial charge in [-0.05, 0) is 54.4 Å². The summed E-state index contributed by atoms with van der Waals surface area (Å²) in [7, 11) is 0. The van der Waals surface area contributed by atoms with Gasteiger partial charge in [-0.25, -0.2) is 4.79 Å². The molecule has 1 saturated carbocycles. The lowest BCUT2D eigenvalue weighted by atomic mass is 9.79. The van der Waals surface area contributed by atoms with Gasteiger partial charge >= 0.3 is 12.1 Å². The number of aliphatic carboxylic acids is 1. The van der Waals surface area contributed by atoms with Gasteiger partial charge in [0.05, 0.1) is 5.92 Å². The Morgan fingerprint density at radius 1 is 1.00 bits per heavy atom. The summed E-state index contributed by atoms with van der Waals surface area (Å²) in [6, 6.07) is 16.2. The molecule has 4 rings (SSSR count). The second kappa shape index (κ2) is 11.4. The van der Waals surface area contributed by atoms with E-state index in [-0.39, 0.29) is 42.7 Å². The second-order valence-electron chi connectivity index (χ2n) is 9.70. The minimum absolute atomic E-state index is 0.00338. The third-order valence-corrected chi connectivity index (χ3v) is 7.30. The fourth-order valence-corrected chi connectivity index (χ4v) is 5.37. The topological polar surface area (TPSA) is 105 Å². The molecule has 35 heavy (non-hydrogen) atoms. The van der Waals surface area contributed by atoms with Crippen LogP contribution in [0.25, 0.3) is 11.1 Å². The Balaban J connectivity index is 1.20. The van der Waals surface area contributed by atoms with Crippen LogP contribution >= 0.6 is 0 Å². The molecule has 3 unspecified atom stereocenters. The Bertz CT molecular complexity index is 1020. The van der Waals surface area contributed by atoms with E-state index in [1.807, 2.05) is 31.2 Å². The number of carbonyl (C=O) groups is 3. The van der Waals surface area contributed by atoms with Crippen molar-refractivity contribution in [1.29, 1.82) is 0 Å². The molecule has 7 heteroatoms. The van der Waals surface area contributed by atoms with Gasteiger partial charge in [0.1, 0.15) is 6.61 Å². The van der Waals surface area contributed by atoms with Crippen molar-refractivity contribution >= 4 is 18.0 Å². The number of nitrogens with one attached hydrogen (secondary N) is 2. The van der Waals surface area contributed by atoms with Crippen molar-refractivity contribution in [3.63, 3.8) is 0 Å². The summed E-state index contributed by atoms with van der Waals surface area (Å²) in [5, 5.41) is 15.1. The van der Waals surface area contributed by atoms with Gasteiger partial charge in [-0.1, -0.05) is 61.4 Å². The van der Waals surface area contributed by atoms with Crippen LogP contribution in [0.2, 0.25) is 0 Å². The number of hydrogen-bond acceptors (Lipinski definition) is 4. The molecule has 3 N–H and O–H groups in total. The molecule has 2 aliphatic carbocycles. The van der Waals surface area contributed by atoms with Crippen LogP contribution < -0.4 is 10.6 Å². The molecular formula is C28H34N2O5. The molecule has 186 valence electrons. The average molecular weight is 479 g/mol. The molecule has 0 saturated heterocycles. The maximum Gasteiger partial charge on any atom is 0.407 e. The maximum atomic E-state index is 12.4. The number of benzene rings is 2. The highest BCUT2D eigenvalue weighted by Crippen LogP contribution is 2.44. The van der Waals surface area contributed by atoms with Gasteiger partial charge in [-0.15, -0.1) is 0 Å². The largest absolute Gasteiger partial charge is 0.481 e. The number of ether oxygens (including phenoxy) is 1. The zero-order chi connectivity index (χ0) is 24.8. The lowest BCUT2D eigenvalue weighted by Crippen LogP contribution is -2.38. The number of hydrogen-bond donors (Lipinski definition) is 3. The predicted octanol–water partition coefficient (Wildman–Crippen LogP) is 4.70. The predicted molar refractivity (Wildman–Crippen MR) is 133 cm³/mol. The summed E-state index contributed by atoms with van der Waals surface area (Å²) >= 11 is 0. The zero-order valence-electron chi connectivity index (χ0n) is 20.2. The number of amides is 2. The monoisotopic (exact) mass is 478 g/mol. The lowest BCUT2D eigenvalue weighted by Gasteiger charge is -2.28. The molecule has 0 spiro atoms. The van der Waals surface area contributed by atoms with Gasteiger partial charge in [-0.2, -0.15) is 0 Å². The van der Waals surface area contributed by atoms with E-state index in [9.17, 15) is 19.5 Å². The Hall–Kier alpha value is -3.35. The smallest absolute Gasteiger partial charge is 0.407 e. The maximum absolute atomic E-state index is 12.4. The summed E-state index contributed by atoms with van der Waals surface area (Å²) in [5.41, 5.74) is 4.68. The highest BCUT2D eigenvalue weighted by molar-refractivity contribution is 5.79. The molecule has 2 aromatic rings. The van der Waals surface area contributed by atoms with E-state index in [0.717, 1.165) is 30.4 Å². The van der Waals surface area contributed by atoms with Crippen molar-refractivity contribution in [1.82, 2.24) is 10.6 Å². The number of rotatable bonds is 9. The van der Waals surface area contributed by atoms with Crippen LogP contribution in [0.5, 0.6) is 0 Å². The van der Waals surface area contributed by atoms with Crippen LogP contribution in [0.15, 0.2) is 48.5 Å². The van der Waals surface area contributed by atoms with Gasteiger partial charge in [0.25, 0.3) is 0 Å². The first-order chi connectivity index (χ1) is 16.9. The van der Waals surface area contributed by atoms with E-state index in [2.05, 4.69) is 34.9 Å². The van der Waals surface area contributed by atoms with E-state index in [1.54, 1.807) is 0 Å². The fraction of sp³-hybridized carbons (Fsp3) is 0.464. The number of fused-ring (bicyclic) bond motifs is 3. The lowest BCUT2D eigenvalue weighted by molar-refractivity contribution is -0.145. The highest BCUT2D eigenvalue weighted by Gasteiger charge is 2.31. The fourth-order valence-electron chi connectivity index (χ4n) is 5.37. The first-order valence-electron chi connectivity index (χ1n) is 12.5. The highest BCUT2D eigenvalue weighted by atomic mass is 16.5. The van der Waals surface area contributed by atoms with Crippen LogP contribution in [-0.4, -0.2) is 42.3 Å². The summed E-state index contributed by atoms with van der Waals surface area (Å²) in [4.78, 5) is 36.1. The second-order valence-corrected chi connectivity index (χ2v) is 9.70. The van der Waals surface area contributed by atoms with Crippen LogP contribution in [0, 0.1) is 11.8 Å². The van der Waals surface area contributed by atoms with Gasteiger partial charge in [0.2, 0.25) is 5.91 Å². The number of carbonyl (C=O) groups excluding carboxylic acids is 2. The summed E-state index contributed by atoms with van der Waals surface area (Å²) < 4.78 is 5.57. The summed E-state index contributed by atoms with van der Waals surface area (Å²) in [5.74, 6) is -1.28. The van der Waals surface area contributed by atoms with Gasteiger partial charge in [0, 0.05) is 24.9 Å². The van der Waals surface area contributed by atoms with E-state index in [1.165, 1.54) is 11.1 Å². The van der Waals surface area contributed by atoms with Crippen LogP contribution in [-0.2, 0) is 14.3 Å². The molecule has 3 atom stereocenters. The van der Waals surface area contributed by atoms with Crippen molar-refractivity contribution in [2.75, 3.05) is 13.2 Å². The molecule has 2 aliphatic rings. The SMILES string of the molecule is CC(CCC(=O)NCC1CCCCC1C(=O)O)NC(=O)OCC1c2ccccc2-c2ccccc21. The van der Waals surface area contributed by atoms with Crippen LogP contribution in [0.4, 0.5) is 4.79 Å². The number of carboxylic acids is 1. The molecule has 2 amide bonds. The molecule has 0 aromatic heterocycles. The van der Waals surface area contributed by atoms with Crippen molar-refractivity contribution in [3.05, 3.63) is 59.7 Å². The average Bonchev–Trinajstić information content (AvgIpc) is 3.19. The molecule has 0 aliphatic heterocycles. The normalized spacial score (nSPS) is 19.8. The molecule has 7 nitrogen and oxygen atoms in total. The van der Waals surface area contributed by atoms with E-state index in [0.29, 0.717) is 19.4 Å². The quantitative estimate of drug-likeness (QED) is 0.485. The third-order valence-electron chi connectivity index (χ3n) is 7.30. The van der Waals surface area contributed by atoms with Crippen molar-refractivity contribution in [2.24, 2.45) is 11.8 Å². The minimum atomic E-state index is -0.773. The first-order valence-corrected chi connectivity index (χ1v) is 12.5. The Labute approximate surface area is 206 Å². The number of alkyl carbamates (subject to hydrolysis) is 1. The summed E-state index contributed by atoms with van der Waals surface area (Å²) in [6.45, 7) is 2.49. The van der Waals surface area contributed by atoms with Gasteiger partial charge < -0.3 is 20.5 Å². The first kappa shape index (κ1) is 24.8. The molecule has 1 fully saturated rings. The van der Waals surface area contributed by atoms with Crippen LogP contribution in [0.1, 0.15) is 62.5 Å². The molecule has 0 heterocycles. The minimum Gasteiger partial charge on any atom is -0.481 e. The third kappa shape index (κ3) is 6.02. The molecule has 0 bridgehead atoms. The zero-order valence-corrected chi connectivity index (χ0v) is 20.2. The van der Waals surface area contributed by atoms with E-state index < -0.39 is 12.1 Å². The molecule has 0 radical (unpaired) electrons. The van der Waals surface area contributed by atoms with Crippen LogP contribution in [0.3, 0.4) is 0 Å². The molecule has 2 aromatic carbocycles. The van der Waals surface area contributed by atoms with E-state index >= 15 is 0 Å². The standard InChI is InChI=1S/C28H34N2O5/c1-18(14-15-26(31)29-16-19-8-2-3-9-20(19)27(32)33)30-28(34)35-17-25-23-12-6-4-10-21(23)22-11-5-7-13-24(22)25/h4-7,10-13,18-20,25H,2-3,8-9,14-17H2,1H3,(H,29,31)(H,30,34)(H,32,33). The van der Waals surface area contributed by atoms with Crippen molar-refractivity contribution < 1.29 is 24.2 Å². The van der Waals surface area contributed by atoms with Gasteiger partial charge in [-0.3, -0.25) is 9.59 Å². The Morgan fingerprint density at radius 3 is 2.29 bits per heavy atom. The Kier molecular flexibility index (Phi) is 8.06. The molecular weight excluding hydrogens is 444 g/mol. The van der Waals surface area contributed by atoms with Gasteiger partial charge in [0.15, 0.2) is 0 Å².